The zero-order chi connectivity index (χ0) is 32.1. The van der Waals surface area contributed by atoms with Gasteiger partial charge in [-0.25, -0.2) is 4.39 Å². The van der Waals surface area contributed by atoms with Crippen LogP contribution in [0, 0.1) is 5.82 Å². The summed E-state index contributed by atoms with van der Waals surface area (Å²) in [7, 11) is 1.93. The van der Waals surface area contributed by atoms with Gasteiger partial charge in [0, 0.05) is 37.3 Å². The largest absolute Gasteiger partial charge is 0.461 e. The van der Waals surface area contributed by atoms with Crippen molar-refractivity contribution in [2.24, 2.45) is 0 Å². The van der Waals surface area contributed by atoms with E-state index in [0.717, 1.165) is 25.5 Å². The van der Waals surface area contributed by atoms with E-state index in [4.69, 9.17) is 33.7 Å². The molecule has 2 atom stereocenters. The van der Waals surface area contributed by atoms with Crippen molar-refractivity contribution in [3.63, 3.8) is 0 Å². The summed E-state index contributed by atoms with van der Waals surface area (Å²) >= 11 is 12.0. The first-order valence-corrected chi connectivity index (χ1v) is 14.5. The number of hydrogen-bond acceptors (Lipinski definition) is 8. The van der Waals surface area contributed by atoms with E-state index in [2.05, 4.69) is 21.6 Å². The number of likely N-dealkylation sites (tertiary alicyclic amines) is 1. The molecule has 236 valence electrons. The van der Waals surface area contributed by atoms with Crippen molar-refractivity contribution >= 4 is 46.1 Å². The number of hydrogen-bond donors (Lipinski definition) is 1. The second-order valence-corrected chi connectivity index (χ2v) is 11.6. The highest BCUT2D eigenvalue weighted by Gasteiger charge is 2.39. The summed E-state index contributed by atoms with van der Waals surface area (Å²) in [4.78, 5) is 36.0. The van der Waals surface area contributed by atoms with E-state index in [9.17, 15) is 22.8 Å². The number of nitrogens with two attached hydrogens (primary N) is 1. The standard InChI is InChI=1S/C28H29Cl2F4N7O3/c1-4-20(42)39-8-9-40(14(2)12-39)25-19-10-16(28(32,33)34)21(22-23(31)17(29)11-18(30)24(22)35)26(43)41(19)37-27(36-25)44-13-15-6-5-7-38(15)3/h4,10-11,14-15H,1,5-9,12-13,35H2,2-3H3/t14-,15-/m0/s1. The van der Waals surface area contributed by atoms with Crippen LogP contribution >= 0.6 is 23.2 Å². The number of anilines is 2. The number of nitrogen functional groups attached to an aromatic ring is 1. The highest BCUT2D eigenvalue weighted by atomic mass is 35.5. The SMILES string of the molecule is C=CC(=O)N1CCN(c2nc(OC[C@@H]3CCCN3C)nn3c(=O)c(-c4c(N)c(Cl)cc(Cl)c4F)c(C(F)(F)F)cc23)[C@@H](C)C1. The van der Waals surface area contributed by atoms with Gasteiger partial charge < -0.3 is 25.2 Å². The number of benzene rings is 1. The third-order valence-electron chi connectivity index (χ3n) is 8.03. The minimum atomic E-state index is -5.14. The third-order valence-corrected chi connectivity index (χ3v) is 8.62. The van der Waals surface area contributed by atoms with Crippen LogP contribution in [-0.2, 0) is 11.0 Å². The second-order valence-electron chi connectivity index (χ2n) is 10.8. The average Bonchev–Trinajstić information content (AvgIpc) is 3.39. The number of likely N-dealkylation sites (N-methyl/N-ethyl adjacent to an activating group) is 1. The molecule has 2 aromatic heterocycles. The number of carbonyl (C=O) groups is 1. The monoisotopic (exact) mass is 657 g/mol. The molecule has 2 N–H and O–H groups in total. The molecule has 1 aromatic carbocycles. The molecular weight excluding hydrogens is 629 g/mol. The van der Waals surface area contributed by atoms with Gasteiger partial charge >= 0.3 is 12.2 Å². The number of piperazine rings is 1. The number of nitrogens with zero attached hydrogens (tertiary/aromatic N) is 6. The number of aromatic nitrogens is 3. The summed E-state index contributed by atoms with van der Waals surface area (Å²) in [5, 5.41) is 3.21. The fourth-order valence-corrected chi connectivity index (χ4v) is 6.13. The second kappa shape index (κ2) is 12.1. The predicted molar refractivity (Wildman–Crippen MR) is 159 cm³/mol. The number of carbonyl (C=O) groups excluding carboxylic acids is 1. The molecule has 5 rings (SSSR count). The number of rotatable bonds is 6. The van der Waals surface area contributed by atoms with Gasteiger partial charge in [0.15, 0.2) is 11.6 Å². The molecule has 0 spiro atoms. The van der Waals surface area contributed by atoms with Gasteiger partial charge in [-0.15, -0.1) is 5.10 Å². The van der Waals surface area contributed by atoms with Crippen LogP contribution in [0.5, 0.6) is 6.01 Å². The molecule has 2 aliphatic rings. The maximum Gasteiger partial charge on any atom is 0.417 e. The van der Waals surface area contributed by atoms with Crippen LogP contribution in [-0.4, -0.2) is 82.2 Å². The van der Waals surface area contributed by atoms with Crippen molar-refractivity contribution in [3.05, 3.63) is 56.6 Å². The molecular formula is C28H29Cl2F4N7O3. The smallest absolute Gasteiger partial charge is 0.417 e. The number of fused-ring (bicyclic) bond motifs is 1. The van der Waals surface area contributed by atoms with Crippen molar-refractivity contribution in [1.29, 1.82) is 0 Å². The van der Waals surface area contributed by atoms with Crippen LogP contribution in [0.25, 0.3) is 16.6 Å². The Morgan fingerprint density at radius 3 is 2.55 bits per heavy atom. The van der Waals surface area contributed by atoms with Gasteiger partial charge in [-0.1, -0.05) is 29.8 Å². The highest BCUT2D eigenvalue weighted by Crippen LogP contribution is 2.43. The molecule has 1 amide bonds. The molecule has 0 unspecified atom stereocenters. The van der Waals surface area contributed by atoms with Gasteiger partial charge in [-0.05, 0) is 51.6 Å². The van der Waals surface area contributed by atoms with Crippen molar-refractivity contribution in [1.82, 2.24) is 24.4 Å². The molecule has 0 saturated carbocycles. The molecule has 10 nitrogen and oxygen atoms in total. The Bertz CT molecular complexity index is 1670. The van der Waals surface area contributed by atoms with E-state index in [0.29, 0.717) is 10.6 Å². The fraction of sp³-hybridized carbons (Fsp3) is 0.429. The minimum Gasteiger partial charge on any atom is -0.461 e. The number of halogens is 6. The Labute approximate surface area is 259 Å². The Hall–Kier alpha value is -3.62. The summed E-state index contributed by atoms with van der Waals surface area (Å²) in [5.74, 6) is -1.67. The Balaban J connectivity index is 1.75. The van der Waals surface area contributed by atoms with Crippen LogP contribution in [0.2, 0.25) is 10.0 Å². The maximum absolute atomic E-state index is 15.3. The van der Waals surface area contributed by atoms with E-state index >= 15 is 4.39 Å². The zero-order valence-electron chi connectivity index (χ0n) is 23.8. The fourth-order valence-electron chi connectivity index (χ4n) is 5.67. The molecule has 2 fully saturated rings. The van der Waals surface area contributed by atoms with Crippen LogP contribution < -0.4 is 20.9 Å². The number of pyridine rings is 1. The quantitative estimate of drug-likeness (QED) is 0.179. The lowest BCUT2D eigenvalue weighted by molar-refractivity contribution is -0.137. The van der Waals surface area contributed by atoms with Crippen LogP contribution in [0.3, 0.4) is 0 Å². The van der Waals surface area contributed by atoms with Crippen LogP contribution in [0.1, 0.15) is 25.3 Å². The van der Waals surface area contributed by atoms with Crippen molar-refractivity contribution in [2.45, 2.75) is 38.0 Å². The first-order chi connectivity index (χ1) is 20.7. The summed E-state index contributed by atoms with van der Waals surface area (Å²) in [5.41, 5.74) is 0.201. The summed E-state index contributed by atoms with van der Waals surface area (Å²) in [6.07, 6.45) is -2.16. The van der Waals surface area contributed by atoms with E-state index in [1.807, 2.05) is 7.05 Å². The lowest BCUT2D eigenvalue weighted by Gasteiger charge is -2.40. The van der Waals surface area contributed by atoms with E-state index in [1.54, 1.807) is 16.7 Å². The average molecular weight is 658 g/mol. The van der Waals surface area contributed by atoms with Crippen molar-refractivity contribution < 1.29 is 27.1 Å². The number of alkyl halides is 3. The van der Waals surface area contributed by atoms with Gasteiger partial charge in [-0.2, -0.15) is 22.7 Å². The Morgan fingerprint density at radius 1 is 1.20 bits per heavy atom. The van der Waals surface area contributed by atoms with Crippen LogP contribution in [0.15, 0.2) is 29.6 Å². The van der Waals surface area contributed by atoms with E-state index in [-0.39, 0.29) is 60.6 Å². The molecule has 4 heterocycles. The summed E-state index contributed by atoms with van der Waals surface area (Å²) in [6, 6.07) is 0.933. The van der Waals surface area contributed by atoms with Crippen molar-refractivity contribution in [2.75, 3.05) is 50.5 Å². The third kappa shape index (κ3) is 5.77. The van der Waals surface area contributed by atoms with Gasteiger partial charge in [0.2, 0.25) is 5.91 Å². The molecule has 44 heavy (non-hydrogen) atoms. The van der Waals surface area contributed by atoms with E-state index in [1.165, 1.54) is 6.08 Å². The van der Waals surface area contributed by atoms with Crippen molar-refractivity contribution in [3.8, 4) is 17.1 Å². The van der Waals surface area contributed by atoms with Gasteiger partial charge in [0.25, 0.3) is 5.56 Å². The van der Waals surface area contributed by atoms with Gasteiger partial charge in [0.05, 0.1) is 26.9 Å². The first kappa shape index (κ1) is 31.8. The number of amides is 1. The topological polar surface area (TPSA) is 109 Å². The lowest BCUT2D eigenvalue weighted by Crippen LogP contribution is -2.54. The molecule has 3 aromatic rings. The predicted octanol–water partition coefficient (Wildman–Crippen LogP) is 4.50. The summed E-state index contributed by atoms with van der Waals surface area (Å²) in [6.45, 7) is 6.88. The molecule has 16 heteroatoms. The van der Waals surface area contributed by atoms with Crippen LogP contribution in [0.4, 0.5) is 29.1 Å². The minimum absolute atomic E-state index is 0.0281. The Kier molecular flexibility index (Phi) is 8.71. The summed E-state index contributed by atoms with van der Waals surface area (Å²) < 4.78 is 65.8. The van der Waals surface area contributed by atoms with Gasteiger partial charge in [0.1, 0.15) is 12.1 Å². The normalized spacial score (nSPS) is 19.5. The molecule has 0 radical (unpaired) electrons. The lowest BCUT2D eigenvalue weighted by atomic mass is 9.98. The van der Waals surface area contributed by atoms with Gasteiger partial charge in [-0.3, -0.25) is 9.59 Å². The molecule has 2 aliphatic heterocycles. The first-order valence-electron chi connectivity index (χ1n) is 13.7. The van der Waals surface area contributed by atoms with E-state index < -0.39 is 51.0 Å². The highest BCUT2D eigenvalue weighted by molar-refractivity contribution is 6.37. The maximum atomic E-state index is 15.3. The zero-order valence-corrected chi connectivity index (χ0v) is 25.3. The Morgan fingerprint density at radius 2 is 1.93 bits per heavy atom. The molecule has 0 aliphatic carbocycles. The number of ether oxygens (including phenoxy) is 1. The molecule has 2 saturated heterocycles. The molecule has 0 bridgehead atoms.